The van der Waals surface area contributed by atoms with Crippen molar-refractivity contribution in [3.63, 3.8) is 0 Å². The quantitative estimate of drug-likeness (QED) is 0.723. The number of nitrogens with zero attached hydrogens (tertiary/aromatic N) is 2. The molecule has 1 N–H and O–H groups in total. The van der Waals surface area contributed by atoms with Crippen molar-refractivity contribution in [3.05, 3.63) is 53.5 Å². The molecule has 31 heavy (non-hydrogen) atoms. The third kappa shape index (κ3) is 5.78. The van der Waals surface area contributed by atoms with Gasteiger partial charge in [0.15, 0.2) is 5.76 Å². The highest BCUT2D eigenvalue weighted by Crippen LogP contribution is 2.37. The van der Waals surface area contributed by atoms with E-state index in [0.717, 1.165) is 0 Å². The van der Waals surface area contributed by atoms with E-state index in [1.807, 2.05) is 0 Å². The number of anilines is 1. The van der Waals surface area contributed by atoms with E-state index in [-0.39, 0.29) is 37.4 Å². The lowest BCUT2D eigenvalue weighted by molar-refractivity contribution is -0.143. The van der Waals surface area contributed by atoms with E-state index in [1.54, 1.807) is 11.0 Å². The van der Waals surface area contributed by atoms with Gasteiger partial charge in [0, 0.05) is 31.9 Å². The predicted octanol–water partition coefficient (Wildman–Crippen LogP) is 3.71. The zero-order valence-corrected chi connectivity index (χ0v) is 15.9. The molecule has 1 aliphatic heterocycles. The third-order valence-corrected chi connectivity index (χ3v) is 4.63. The number of amides is 2. The highest BCUT2D eigenvalue weighted by molar-refractivity contribution is 5.93. The fourth-order valence-electron chi connectivity index (χ4n) is 3.10. The molecule has 3 rings (SSSR count). The second kappa shape index (κ2) is 8.61. The molecule has 2 amide bonds. The molecular formula is C19H17F6N3O3. The highest BCUT2D eigenvalue weighted by atomic mass is 19.4. The molecule has 0 spiro atoms. The summed E-state index contributed by atoms with van der Waals surface area (Å²) >= 11 is 0. The van der Waals surface area contributed by atoms with Crippen LogP contribution in [-0.2, 0) is 17.1 Å². The molecule has 0 radical (unpaired) electrons. The number of nitrogens with one attached hydrogen (secondary N) is 1. The number of rotatable bonds is 4. The van der Waals surface area contributed by atoms with Crippen LogP contribution >= 0.6 is 0 Å². The van der Waals surface area contributed by atoms with E-state index < -0.39 is 35.1 Å². The van der Waals surface area contributed by atoms with Crippen LogP contribution in [0.1, 0.15) is 21.7 Å². The second-order valence-corrected chi connectivity index (χ2v) is 6.89. The Bertz CT molecular complexity index is 900. The fraction of sp³-hybridized carbons (Fsp3) is 0.368. The molecule has 168 valence electrons. The summed E-state index contributed by atoms with van der Waals surface area (Å²) in [4.78, 5) is 27.6. The molecule has 0 saturated carbocycles. The van der Waals surface area contributed by atoms with Crippen LogP contribution < -0.4 is 5.32 Å². The Labute approximate surface area is 172 Å². The van der Waals surface area contributed by atoms with Gasteiger partial charge in [0.25, 0.3) is 5.91 Å². The third-order valence-electron chi connectivity index (χ3n) is 4.63. The molecule has 1 saturated heterocycles. The van der Waals surface area contributed by atoms with Crippen molar-refractivity contribution in [2.75, 3.05) is 38.0 Å². The van der Waals surface area contributed by atoms with Crippen LogP contribution in [0, 0.1) is 0 Å². The summed E-state index contributed by atoms with van der Waals surface area (Å²) in [6.45, 7) is 0.927. The maximum Gasteiger partial charge on any atom is 0.416 e. The van der Waals surface area contributed by atoms with Crippen LogP contribution in [0.4, 0.5) is 32.0 Å². The maximum absolute atomic E-state index is 12.9. The first-order valence-corrected chi connectivity index (χ1v) is 9.08. The minimum Gasteiger partial charge on any atom is -0.459 e. The molecule has 12 heteroatoms. The molecule has 1 fully saturated rings. The van der Waals surface area contributed by atoms with Gasteiger partial charge in [-0.2, -0.15) is 26.3 Å². The Hall–Kier alpha value is -3.02. The van der Waals surface area contributed by atoms with E-state index in [2.05, 4.69) is 5.32 Å². The molecule has 1 aromatic carbocycles. The molecule has 0 atom stereocenters. The number of hydrogen-bond donors (Lipinski definition) is 1. The summed E-state index contributed by atoms with van der Waals surface area (Å²) in [5.74, 6) is -0.896. The van der Waals surface area contributed by atoms with E-state index in [4.69, 9.17) is 4.42 Å². The monoisotopic (exact) mass is 449 g/mol. The molecule has 6 nitrogen and oxygen atoms in total. The topological polar surface area (TPSA) is 65.8 Å². The van der Waals surface area contributed by atoms with Gasteiger partial charge < -0.3 is 14.6 Å². The molecule has 1 aliphatic rings. The van der Waals surface area contributed by atoms with Crippen molar-refractivity contribution in [2.24, 2.45) is 0 Å². The van der Waals surface area contributed by atoms with Gasteiger partial charge in [-0.3, -0.25) is 14.5 Å². The standard InChI is InChI=1S/C19H17F6N3O3/c20-18(21,22)12-8-13(19(23,24)25)10-14(9-12)26-16(29)11-27-3-5-28(6-4-27)17(30)15-2-1-7-31-15/h1-2,7-10H,3-6,11H2,(H,26,29). The van der Waals surface area contributed by atoms with Crippen LogP contribution in [0.3, 0.4) is 0 Å². The lowest BCUT2D eigenvalue weighted by atomic mass is 10.1. The molecule has 2 aromatic rings. The van der Waals surface area contributed by atoms with Crippen molar-refractivity contribution in [2.45, 2.75) is 12.4 Å². The maximum atomic E-state index is 12.9. The SMILES string of the molecule is O=C(CN1CCN(C(=O)c2ccco2)CC1)Nc1cc(C(F)(F)F)cc(C(F)(F)F)c1. The highest BCUT2D eigenvalue weighted by Gasteiger charge is 2.37. The van der Waals surface area contributed by atoms with Crippen LogP contribution in [0.5, 0.6) is 0 Å². The normalized spacial score (nSPS) is 15.7. The Morgan fingerprint density at radius 1 is 0.935 bits per heavy atom. The largest absolute Gasteiger partial charge is 0.459 e. The molecule has 0 unspecified atom stereocenters. The number of benzene rings is 1. The number of hydrogen-bond acceptors (Lipinski definition) is 4. The van der Waals surface area contributed by atoms with Gasteiger partial charge in [0.2, 0.25) is 5.91 Å². The molecule has 0 bridgehead atoms. The first-order chi connectivity index (χ1) is 14.4. The number of halogens is 6. The van der Waals surface area contributed by atoms with Crippen LogP contribution in [0.15, 0.2) is 41.0 Å². The number of furan rings is 1. The van der Waals surface area contributed by atoms with Crippen molar-refractivity contribution in [1.29, 1.82) is 0 Å². The summed E-state index contributed by atoms with van der Waals surface area (Å²) in [5.41, 5.74) is -3.62. The summed E-state index contributed by atoms with van der Waals surface area (Å²) < 4.78 is 82.6. The van der Waals surface area contributed by atoms with Gasteiger partial charge in [-0.15, -0.1) is 0 Å². The number of carbonyl (C=O) groups is 2. The zero-order chi connectivity index (χ0) is 22.8. The smallest absolute Gasteiger partial charge is 0.416 e. The van der Waals surface area contributed by atoms with Crippen molar-refractivity contribution in [3.8, 4) is 0 Å². The van der Waals surface area contributed by atoms with Gasteiger partial charge in [-0.05, 0) is 30.3 Å². The van der Waals surface area contributed by atoms with E-state index in [0.29, 0.717) is 25.2 Å². The predicted molar refractivity (Wildman–Crippen MR) is 96.1 cm³/mol. The number of carbonyl (C=O) groups excluding carboxylic acids is 2. The average molecular weight is 449 g/mol. The van der Waals surface area contributed by atoms with Crippen LogP contribution in [0.2, 0.25) is 0 Å². The first-order valence-electron chi connectivity index (χ1n) is 9.08. The van der Waals surface area contributed by atoms with Crippen LogP contribution in [0.25, 0.3) is 0 Å². The molecule has 0 aliphatic carbocycles. The lowest BCUT2D eigenvalue weighted by Crippen LogP contribution is -2.50. The summed E-state index contributed by atoms with van der Waals surface area (Å²) in [7, 11) is 0. The minimum atomic E-state index is -5.00. The Balaban J connectivity index is 1.60. The Morgan fingerprint density at radius 3 is 2.00 bits per heavy atom. The molecular weight excluding hydrogens is 432 g/mol. The van der Waals surface area contributed by atoms with Gasteiger partial charge in [-0.25, -0.2) is 0 Å². The Morgan fingerprint density at radius 2 is 1.52 bits per heavy atom. The van der Waals surface area contributed by atoms with E-state index in [1.165, 1.54) is 17.2 Å². The average Bonchev–Trinajstić information content (AvgIpc) is 3.21. The van der Waals surface area contributed by atoms with Crippen molar-refractivity contribution < 1.29 is 40.3 Å². The lowest BCUT2D eigenvalue weighted by Gasteiger charge is -2.33. The van der Waals surface area contributed by atoms with E-state index in [9.17, 15) is 35.9 Å². The first kappa shape index (κ1) is 22.7. The Kier molecular flexibility index (Phi) is 6.30. The molecule has 2 heterocycles. The minimum absolute atomic E-state index is 0.00902. The number of alkyl halides is 6. The summed E-state index contributed by atoms with van der Waals surface area (Å²) in [5, 5.41) is 2.09. The van der Waals surface area contributed by atoms with Crippen molar-refractivity contribution in [1.82, 2.24) is 9.80 Å². The number of piperazine rings is 1. The second-order valence-electron chi connectivity index (χ2n) is 6.89. The summed E-state index contributed by atoms with van der Waals surface area (Å²) in [6.07, 6.45) is -8.64. The molecule has 1 aromatic heterocycles. The summed E-state index contributed by atoms with van der Waals surface area (Å²) in [6, 6.07) is 3.99. The van der Waals surface area contributed by atoms with E-state index >= 15 is 0 Å². The van der Waals surface area contributed by atoms with Gasteiger partial charge in [-0.1, -0.05) is 0 Å². The zero-order valence-electron chi connectivity index (χ0n) is 15.9. The van der Waals surface area contributed by atoms with Gasteiger partial charge in [0.05, 0.1) is 23.9 Å². The van der Waals surface area contributed by atoms with Crippen LogP contribution in [-0.4, -0.2) is 54.3 Å². The van der Waals surface area contributed by atoms with Gasteiger partial charge >= 0.3 is 12.4 Å². The van der Waals surface area contributed by atoms with Gasteiger partial charge in [0.1, 0.15) is 0 Å². The fourth-order valence-corrected chi connectivity index (χ4v) is 3.10. The van der Waals surface area contributed by atoms with Crippen molar-refractivity contribution >= 4 is 17.5 Å².